The first-order valence-electron chi connectivity index (χ1n) is 10.5. The van der Waals surface area contributed by atoms with Crippen LogP contribution in [0.4, 0.5) is 0 Å². The molecule has 30 heavy (non-hydrogen) atoms. The minimum atomic E-state index is -0.301. The van der Waals surface area contributed by atoms with E-state index in [1.54, 1.807) is 11.3 Å². The van der Waals surface area contributed by atoms with E-state index in [2.05, 4.69) is 10.6 Å². The second kappa shape index (κ2) is 9.00. The molecule has 1 aromatic heterocycles. The SMILES string of the molecule is CC(=O)NC(CC(=O)N(Cc1ccc(C(=O)NC2CC2)cc1)C1CC1)c1cccs1. The molecule has 3 amide bonds. The van der Waals surface area contributed by atoms with Gasteiger partial charge in [0.05, 0.1) is 12.5 Å². The first-order valence-corrected chi connectivity index (χ1v) is 11.4. The average Bonchev–Trinajstić information content (AvgIpc) is 3.65. The maximum absolute atomic E-state index is 13.1. The number of hydrogen-bond acceptors (Lipinski definition) is 4. The van der Waals surface area contributed by atoms with Crippen LogP contribution in [0.1, 0.15) is 65.9 Å². The van der Waals surface area contributed by atoms with Gasteiger partial charge in [-0.2, -0.15) is 0 Å². The van der Waals surface area contributed by atoms with Gasteiger partial charge in [0.1, 0.15) is 0 Å². The standard InChI is InChI=1S/C23H27N3O3S/c1-15(27)24-20(21-3-2-12-30-21)13-22(28)26(19-10-11-19)14-16-4-6-17(7-5-16)23(29)25-18-8-9-18/h2-7,12,18-20H,8-11,13-14H2,1H3,(H,24,27)(H,25,29). The van der Waals surface area contributed by atoms with Crippen molar-refractivity contribution >= 4 is 29.1 Å². The molecule has 158 valence electrons. The third-order valence-corrected chi connectivity index (χ3v) is 6.42. The van der Waals surface area contributed by atoms with E-state index in [4.69, 9.17) is 0 Å². The summed E-state index contributed by atoms with van der Waals surface area (Å²) in [5.41, 5.74) is 1.66. The molecule has 0 spiro atoms. The molecule has 1 aromatic carbocycles. The molecule has 7 heteroatoms. The molecule has 0 saturated heterocycles. The van der Waals surface area contributed by atoms with Crippen LogP contribution in [-0.2, 0) is 16.1 Å². The van der Waals surface area contributed by atoms with Crippen LogP contribution in [0.5, 0.6) is 0 Å². The van der Waals surface area contributed by atoms with E-state index in [0.717, 1.165) is 36.1 Å². The summed E-state index contributed by atoms with van der Waals surface area (Å²) in [6.45, 7) is 2.00. The molecular weight excluding hydrogens is 398 g/mol. The summed E-state index contributed by atoms with van der Waals surface area (Å²) in [5.74, 6) is -0.132. The molecule has 2 aromatic rings. The predicted octanol–water partition coefficient (Wildman–Crippen LogP) is 3.40. The predicted molar refractivity (Wildman–Crippen MR) is 116 cm³/mol. The van der Waals surface area contributed by atoms with E-state index >= 15 is 0 Å². The molecule has 0 aliphatic heterocycles. The van der Waals surface area contributed by atoms with Crippen molar-refractivity contribution < 1.29 is 14.4 Å². The van der Waals surface area contributed by atoms with Gasteiger partial charge in [0, 0.05) is 36.0 Å². The number of hydrogen-bond donors (Lipinski definition) is 2. The van der Waals surface area contributed by atoms with Gasteiger partial charge in [0.15, 0.2) is 0 Å². The minimum absolute atomic E-state index is 0.0340. The highest BCUT2D eigenvalue weighted by atomic mass is 32.1. The first kappa shape index (κ1) is 20.6. The van der Waals surface area contributed by atoms with Crippen molar-refractivity contribution in [3.63, 3.8) is 0 Å². The lowest BCUT2D eigenvalue weighted by atomic mass is 10.1. The largest absolute Gasteiger partial charge is 0.349 e. The van der Waals surface area contributed by atoms with Crippen molar-refractivity contribution in [2.45, 2.75) is 63.7 Å². The summed E-state index contributed by atoms with van der Waals surface area (Å²) < 4.78 is 0. The van der Waals surface area contributed by atoms with Crippen LogP contribution < -0.4 is 10.6 Å². The Balaban J connectivity index is 1.41. The molecule has 4 rings (SSSR count). The van der Waals surface area contributed by atoms with Gasteiger partial charge in [-0.25, -0.2) is 0 Å². The molecule has 2 N–H and O–H groups in total. The number of rotatable bonds is 9. The Morgan fingerprint density at radius 1 is 1.10 bits per heavy atom. The summed E-state index contributed by atoms with van der Waals surface area (Å²) >= 11 is 1.54. The highest BCUT2D eigenvalue weighted by Gasteiger charge is 2.34. The van der Waals surface area contributed by atoms with E-state index in [1.807, 2.05) is 46.7 Å². The number of carbonyl (C=O) groups is 3. The fourth-order valence-electron chi connectivity index (χ4n) is 3.51. The number of thiophene rings is 1. The Bertz CT molecular complexity index is 902. The zero-order chi connectivity index (χ0) is 21.1. The van der Waals surface area contributed by atoms with Crippen molar-refractivity contribution in [1.82, 2.24) is 15.5 Å². The molecule has 0 bridgehead atoms. The molecule has 2 fully saturated rings. The number of carbonyl (C=O) groups excluding carboxylic acids is 3. The molecule has 0 radical (unpaired) electrons. The summed E-state index contributed by atoms with van der Waals surface area (Å²) in [7, 11) is 0. The molecule has 2 aliphatic carbocycles. The second-order valence-corrected chi connectivity index (χ2v) is 9.15. The molecule has 2 saturated carbocycles. The van der Waals surface area contributed by atoms with Crippen molar-refractivity contribution in [3.05, 3.63) is 57.8 Å². The third kappa shape index (κ3) is 5.48. The zero-order valence-electron chi connectivity index (χ0n) is 17.1. The highest BCUT2D eigenvalue weighted by Crippen LogP contribution is 2.31. The van der Waals surface area contributed by atoms with Gasteiger partial charge < -0.3 is 15.5 Å². The van der Waals surface area contributed by atoms with Crippen LogP contribution >= 0.6 is 11.3 Å². The molecule has 1 unspecified atom stereocenters. The van der Waals surface area contributed by atoms with Gasteiger partial charge in [-0.3, -0.25) is 14.4 Å². The Morgan fingerprint density at radius 2 is 1.83 bits per heavy atom. The van der Waals surface area contributed by atoms with E-state index < -0.39 is 0 Å². The van der Waals surface area contributed by atoms with Crippen LogP contribution in [0.25, 0.3) is 0 Å². The Kier molecular flexibility index (Phi) is 6.18. The van der Waals surface area contributed by atoms with Crippen LogP contribution in [0, 0.1) is 0 Å². The lowest BCUT2D eigenvalue weighted by molar-refractivity contribution is -0.133. The number of nitrogens with zero attached hydrogens (tertiary/aromatic N) is 1. The fourth-order valence-corrected chi connectivity index (χ4v) is 4.29. The van der Waals surface area contributed by atoms with E-state index in [9.17, 15) is 14.4 Å². The highest BCUT2D eigenvalue weighted by molar-refractivity contribution is 7.10. The van der Waals surface area contributed by atoms with Crippen LogP contribution in [-0.4, -0.2) is 34.7 Å². The lowest BCUT2D eigenvalue weighted by Gasteiger charge is -2.25. The van der Waals surface area contributed by atoms with Crippen LogP contribution in [0.15, 0.2) is 41.8 Å². The van der Waals surface area contributed by atoms with Gasteiger partial charge in [-0.05, 0) is 54.8 Å². The normalized spacial score (nSPS) is 16.6. The Morgan fingerprint density at radius 3 is 2.40 bits per heavy atom. The van der Waals surface area contributed by atoms with Crippen LogP contribution in [0.2, 0.25) is 0 Å². The molecular formula is C23H27N3O3S. The summed E-state index contributed by atoms with van der Waals surface area (Å²) in [4.78, 5) is 39.8. The van der Waals surface area contributed by atoms with Crippen molar-refractivity contribution in [2.75, 3.05) is 0 Å². The maximum atomic E-state index is 13.1. The second-order valence-electron chi connectivity index (χ2n) is 8.17. The first-order chi connectivity index (χ1) is 14.5. The number of nitrogens with one attached hydrogen (secondary N) is 2. The topological polar surface area (TPSA) is 78.5 Å². The van der Waals surface area contributed by atoms with Gasteiger partial charge in [-0.15, -0.1) is 11.3 Å². The van der Waals surface area contributed by atoms with Crippen molar-refractivity contribution in [2.24, 2.45) is 0 Å². The minimum Gasteiger partial charge on any atom is -0.349 e. The smallest absolute Gasteiger partial charge is 0.251 e. The Labute approximate surface area is 180 Å². The molecule has 2 aliphatic rings. The van der Waals surface area contributed by atoms with Gasteiger partial charge in [0.2, 0.25) is 11.8 Å². The van der Waals surface area contributed by atoms with E-state index in [-0.39, 0.29) is 36.2 Å². The zero-order valence-corrected chi connectivity index (χ0v) is 17.9. The van der Waals surface area contributed by atoms with E-state index in [0.29, 0.717) is 18.2 Å². The van der Waals surface area contributed by atoms with Crippen molar-refractivity contribution in [3.8, 4) is 0 Å². The average molecular weight is 426 g/mol. The third-order valence-electron chi connectivity index (χ3n) is 5.43. The number of amides is 3. The maximum Gasteiger partial charge on any atom is 0.251 e. The molecule has 1 atom stereocenters. The fraction of sp³-hybridized carbons (Fsp3) is 0.435. The van der Waals surface area contributed by atoms with Crippen LogP contribution in [0.3, 0.4) is 0 Å². The van der Waals surface area contributed by atoms with Gasteiger partial charge >= 0.3 is 0 Å². The summed E-state index contributed by atoms with van der Waals surface area (Å²) in [6.07, 6.45) is 4.40. The number of benzene rings is 1. The molecule has 6 nitrogen and oxygen atoms in total. The summed E-state index contributed by atoms with van der Waals surface area (Å²) in [5, 5.41) is 7.85. The summed E-state index contributed by atoms with van der Waals surface area (Å²) in [6, 6.07) is 11.7. The quantitative estimate of drug-likeness (QED) is 0.646. The van der Waals surface area contributed by atoms with Gasteiger partial charge in [-0.1, -0.05) is 18.2 Å². The Hall–Kier alpha value is -2.67. The molecule has 1 heterocycles. The van der Waals surface area contributed by atoms with E-state index in [1.165, 1.54) is 6.92 Å². The van der Waals surface area contributed by atoms with Crippen molar-refractivity contribution in [1.29, 1.82) is 0 Å². The monoisotopic (exact) mass is 425 g/mol. The lowest BCUT2D eigenvalue weighted by Crippen LogP contribution is -2.36. The van der Waals surface area contributed by atoms with Gasteiger partial charge in [0.25, 0.3) is 5.91 Å².